The zero-order valence-corrected chi connectivity index (χ0v) is 22.6. The molecule has 3 N–H and O–H groups in total. The van der Waals surface area contributed by atoms with E-state index in [9.17, 15) is 9.59 Å². The molecule has 10 nitrogen and oxygen atoms in total. The SMILES string of the molecule is CCNc1ncc2cc(-c3ccc(-c4cncc(C)n4)cc3Cl)c(=O)n(CC3CCC(NC(=O)O)CC3)c2n1. The Labute approximate surface area is 230 Å². The number of amides is 1. The molecule has 11 heteroatoms. The Bertz CT molecular complexity index is 1580. The number of pyridine rings is 1. The average Bonchev–Trinajstić information content (AvgIpc) is 2.91. The first kappa shape index (κ1) is 26.6. The van der Waals surface area contributed by atoms with Gasteiger partial charge in [0.05, 0.1) is 17.6 Å². The third kappa shape index (κ3) is 5.85. The third-order valence-electron chi connectivity index (χ3n) is 7.09. The summed E-state index contributed by atoms with van der Waals surface area (Å²) in [4.78, 5) is 42.9. The van der Waals surface area contributed by atoms with Gasteiger partial charge in [0.1, 0.15) is 5.65 Å². The van der Waals surface area contributed by atoms with Crippen LogP contribution >= 0.6 is 11.6 Å². The van der Waals surface area contributed by atoms with E-state index in [1.807, 2.05) is 26.0 Å². The molecule has 0 radical (unpaired) electrons. The van der Waals surface area contributed by atoms with Crippen molar-refractivity contribution < 1.29 is 9.90 Å². The Balaban J connectivity index is 1.54. The van der Waals surface area contributed by atoms with Crippen molar-refractivity contribution in [3.8, 4) is 22.4 Å². The van der Waals surface area contributed by atoms with Crippen LogP contribution in [0.1, 0.15) is 38.3 Å². The monoisotopic (exact) mass is 547 g/mol. The normalized spacial score (nSPS) is 17.2. The lowest BCUT2D eigenvalue weighted by Crippen LogP contribution is -2.38. The zero-order valence-electron chi connectivity index (χ0n) is 21.8. The predicted molar refractivity (Wildman–Crippen MR) is 151 cm³/mol. The predicted octanol–water partition coefficient (Wildman–Crippen LogP) is 5.14. The van der Waals surface area contributed by atoms with E-state index in [2.05, 4.69) is 30.6 Å². The first-order valence-corrected chi connectivity index (χ1v) is 13.4. The molecule has 0 atom stereocenters. The fraction of sp³-hybridized carbons (Fsp3) is 0.357. The highest BCUT2D eigenvalue weighted by molar-refractivity contribution is 6.33. The number of carbonyl (C=O) groups is 1. The highest BCUT2D eigenvalue weighted by Gasteiger charge is 2.25. The van der Waals surface area contributed by atoms with Crippen LogP contribution in [0.25, 0.3) is 33.4 Å². The van der Waals surface area contributed by atoms with Crippen LogP contribution in [0.15, 0.2) is 47.7 Å². The Hall–Kier alpha value is -4.05. The minimum absolute atomic E-state index is 0.0587. The standard InChI is InChI=1S/C28H30ClN7O3/c1-3-31-27-32-13-19-10-22(21-9-6-18(11-23(21)29)24-14-30-12-16(2)33-24)26(37)36(25(19)35-27)15-17-4-7-20(8-5-17)34-28(38)39/h6,9-14,17,20,34H,3-5,7-8,15H2,1-2H3,(H,38,39)(H,31,32,35). The van der Waals surface area contributed by atoms with Gasteiger partial charge in [-0.05, 0) is 57.6 Å². The summed E-state index contributed by atoms with van der Waals surface area (Å²) in [6.45, 7) is 4.96. The number of aryl methyl sites for hydroxylation is 1. The smallest absolute Gasteiger partial charge is 0.404 e. The minimum Gasteiger partial charge on any atom is -0.465 e. The fourth-order valence-corrected chi connectivity index (χ4v) is 5.46. The molecule has 3 heterocycles. The number of hydrogen-bond donors (Lipinski definition) is 3. The molecule has 1 amide bonds. The van der Waals surface area contributed by atoms with Gasteiger partial charge in [0.2, 0.25) is 5.95 Å². The molecule has 0 aliphatic heterocycles. The van der Waals surface area contributed by atoms with Gasteiger partial charge in [0, 0.05) is 58.6 Å². The fourth-order valence-electron chi connectivity index (χ4n) is 5.18. The van der Waals surface area contributed by atoms with Crippen LogP contribution in [-0.4, -0.2) is 48.3 Å². The molecule has 1 aliphatic carbocycles. The summed E-state index contributed by atoms with van der Waals surface area (Å²) in [5.41, 5.74) is 3.78. The second-order valence-corrected chi connectivity index (χ2v) is 10.3. The Morgan fingerprint density at radius 2 is 1.90 bits per heavy atom. The highest BCUT2D eigenvalue weighted by atomic mass is 35.5. The van der Waals surface area contributed by atoms with Gasteiger partial charge in [-0.1, -0.05) is 23.7 Å². The number of benzene rings is 1. The number of aromatic nitrogens is 5. The number of nitrogens with one attached hydrogen (secondary N) is 2. The van der Waals surface area contributed by atoms with E-state index in [0.717, 1.165) is 42.3 Å². The van der Waals surface area contributed by atoms with Crippen molar-refractivity contribution >= 4 is 34.7 Å². The molecule has 3 aromatic heterocycles. The van der Waals surface area contributed by atoms with Gasteiger partial charge in [-0.2, -0.15) is 4.98 Å². The topological polar surface area (TPSA) is 135 Å². The molecule has 4 aromatic rings. The quantitative estimate of drug-likeness (QED) is 0.289. The van der Waals surface area contributed by atoms with Crippen molar-refractivity contribution in [3.63, 3.8) is 0 Å². The lowest BCUT2D eigenvalue weighted by molar-refractivity contribution is 0.181. The number of fused-ring (bicyclic) bond motifs is 1. The van der Waals surface area contributed by atoms with E-state index in [-0.39, 0.29) is 17.5 Å². The van der Waals surface area contributed by atoms with Crippen LogP contribution in [-0.2, 0) is 6.54 Å². The largest absolute Gasteiger partial charge is 0.465 e. The van der Waals surface area contributed by atoms with E-state index in [1.54, 1.807) is 35.3 Å². The molecule has 0 unspecified atom stereocenters. The maximum Gasteiger partial charge on any atom is 0.404 e. The second-order valence-electron chi connectivity index (χ2n) is 9.88. The molecule has 1 aliphatic rings. The molecule has 202 valence electrons. The second kappa shape index (κ2) is 11.4. The van der Waals surface area contributed by atoms with Gasteiger partial charge in [-0.3, -0.25) is 14.3 Å². The van der Waals surface area contributed by atoms with Gasteiger partial charge >= 0.3 is 6.09 Å². The molecule has 1 saturated carbocycles. The van der Waals surface area contributed by atoms with E-state index in [4.69, 9.17) is 16.7 Å². The number of halogens is 1. The molecule has 1 fully saturated rings. The Morgan fingerprint density at radius 1 is 1.10 bits per heavy atom. The first-order valence-electron chi connectivity index (χ1n) is 13.0. The molecular weight excluding hydrogens is 518 g/mol. The molecule has 5 rings (SSSR count). The van der Waals surface area contributed by atoms with Crippen molar-refractivity contribution in [2.24, 2.45) is 5.92 Å². The van der Waals surface area contributed by atoms with Gasteiger partial charge in [0.15, 0.2) is 0 Å². The van der Waals surface area contributed by atoms with Crippen LogP contribution < -0.4 is 16.2 Å². The van der Waals surface area contributed by atoms with Gasteiger partial charge in [0.25, 0.3) is 5.56 Å². The van der Waals surface area contributed by atoms with Crippen LogP contribution in [0.2, 0.25) is 5.02 Å². The molecule has 0 saturated heterocycles. The van der Waals surface area contributed by atoms with Crippen molar-refractivity contribution in [1.82, 2.24) is 29.8 Å². The van der Waals surface area contributed by atoms with Crippen LogP contribution in [0.3, 0.4) is 0 Å². The van der Waals surface area contributed by atoms with Gasteiger partial charge in [-0.25, -0.2) is 14.8 Å². The van der Waals surface area contributed by atoms with Crippen molar-refractivity contribution in [3.05, 3.63) is 63.9 Å². The molecule has 39 heavy (non-hydrogen) atoms. The number of hydrogen-bond acceptors (Lipinski definition) is 7. The van der Waals surface area contributed by atoms with E-state index in [1.165, 1.54) is 0 Å². The number of nitrogens with zero attached hydrogens (tertiary/aromatic N) is 5. The van der Waals surface area contributed by atoms with Crippen molar-refractivity contribution in [2.75, 3.05) is 11.9 Å². The summed E-state index contributed by atoms with van der Waals surface area (Å²) in [6.07, 6.45) is 7.17. The minimum atomic E-state index is -1.00. The molecule has 0 spiro atoms. The average molecular weight is 548 g/mol. The molecule has 0 bridgehead atoms. The van der Waals surface area contributed by atoms with Gasteiger partial charge < -0.3 is 15.7 Å². The Kier molecular flexibility index (Phi) is 7.74. The maximum atomic E-state index is 14.0. The first-order chi connectivity index (χ1) is 18.8. The lowest BCUT2D eigenvalue weighted by atomic mass is 9.86. The molecule has 1 aromatic carbocycles. The van der Waals surface area contributed by atoms with E-state index in [0.29, 0.717) is 46.5 Å². The summed E-state index contributed by atoms with van der Waals surface area (Å²) in [6, 6.07) is 7.27. The summed E-state index contributed by atoms with van der Waals surface area (Å²) < 4.78 is 1.72. The number of anilines is 1. The van der Waals surface area contributed by atoms with Crippen LogP contribution in [0.5, 0.6) is 0 Å². The molecular formula is C28H30ClN7O3. The van der Waals surface area contributed by atoms with Crippen LogP contribution in [0, 0.1) is 12.8 Å². The summed E-state index contributed by atoms with van der Waals surface area (Å²) in [7, 11) is 0. The summed E-state index contributed by atoms with van der Waals surface area (Å²) in [5.74, 6) is 0.671. The summed E-state index contributed by atoms with van der Waals surface area (Å²) >= 11 is 6.75. The van der Waals surface area contributed by atoms with Gasteiger partial charge in [-0.15, -0.1) is 0 Å². The van der Waals surface area contributed by atoms with E-state index >= 15 is 0 Å². The number of rotatable bonds is 7. The van der Waals surface area contributed by atoms with E-state index < -0.39 is 6.09 Å². The zero-order chi connectivity index (χ0) is 27.5. The lowest BCUT2D eigenvalue weighted by Gasteiger charge is -2.29. The van der Waals surface area contributed by atoms with Crippen LogP contribution in [0.4, 0.5) is 10.7 Å². The Morgan fingerprint density at radius 3 is 2.59 bits per heavy atom. The highest BCUT2D eigenvalue weighted by Crippen LogP contribution is 2.32. The maximum absolute atomic E-state index is 14.0. The number of carboxylic acid groups (broad SMARTS) is 1. The van der Waals surface area contributed by atoms with Crippen molar-refractivity contribution in [2.45, 2.75) is 52.1 Å². The van der Waals surface area contributed by atoms with Crippen molar-refractivity contribution in [1.29, 1.82) is 0 Å². The third-order valence-corrected chi connectivity index (χ3v) is 7.40. The summed E-state index contributed by atoms with van der Waals surface area (Å²) in [5, 5.41) is 15.9.